The van der Waals surface area contributed by atoms with Gasteiger partial charge in [0.1, 0.15) is 6.29 Å². The smallest absolute Gasteiger partial charge is 0.141 e. The molecule has 0 aliphatic carbocycles. The highest BCUT2D eigenvalue weighted by atomic mass is 28.3. The topological polar surface area (TPSA) is 17.1 Å². The van der Waals surface area contributed by atoms with E-state index in [1.54, 1.807) is 0 Å². The van der Waals surface area contributed by atoms with E-state index in [1.807, 2.05) is 0 Å². The van der Waals surface area contributed by atoms with E-state index < -0.39 is 16.1 Å². The number of aldehydes is 1. The first-order valence-corrected chi connectivity index (χ1v) is 13.1. The normalized spacial score (nSPS) is 15.3. The molecular formula is C14H30OSi2. The van der Waals surface area contributed by atoms with Gasteiger partial charge in [0.05, 0.1) is 16.1 Å². The number of allylic oxidation sites excluding steroid dienone is 1. The Morgan fingerprint density at radius 3 is 1.71 bits per heavy atom. The molecular weight excluding hydrogens is 240 g/mol. The molecule has 0 aromatic rings. The molecule has 17 heavy (non-hydrogen) atoms. The Hall–Kier alpha value is -0.156. The second-order valence-electron chi connectivity index (χ2n) is 7.58. The van der Waals surface area contributed by atoms with Crippen LogP contribution in [0.25, 0.3) is 0 Å². The van der Waals surface area contributed by atoms with E-state index in [9.17, 15) is 4.79 Å². The van der Waals surface area contributed by atoms with Crippen molar-refractivity contribution < 1.29 is 4.79 Å². The van der Waals surface area contributed by atoms with Gasteiger partial charge in [0, 0.05) is 0 Å². The van der Waals surface area contributed by atoms with Gasteiger partial charge >= 0.3 is 0 Å². The molecule has 0 aromatic heterocycles. The molecule has 100 valence electrons. The molecule has 0 bridgehead atoms. The van der Waals surface area contributed by atoms with Gasteiger partial charge in [-0.2, -0.15) is 0 Å². The number of rotatable bonds is 5. The highest BCUT2D eigenvalue weighted by Crippen LogP contribution is 2.47. The monoisotopic (exact) mass is 270 g/mol. The summed E-state index contributed by atoms with van der Waals surface area (Å²) in [6, 6.07) is 0. The fourth-order valence-electron chi connectivity index (χ4n) is 1.92. The summed E-state index contributed by atoms with van der Waals surface area (Å²) in [6.45, 7) is 20.8. The average Bonchev–Trinajstić information content (AvgIpc) is 2.11. The molecule has 0 saturated heterocycles. The number of hydrogen-bond donors (Lipinski definition) is 0. The maximum atomic E-state index is 11.5. The number of carbonyl (C=O) groups excluding carboxylic acids is 1. The fraction of sp³-hybridized carbons (Fsp3) is 0.786. The summed E-state index contributed by atoms with van der Waals surface area (Å²) < 4.78 is 0. The fourth-order valence-corrected chi connectivity index (χ4v) is 8.15. The van der Waals surface area contributed by atoms with Crippen molar-refractivity contribution in [3.05, 3.63) is 10.9 Å². The van der Waals surface area contributed by atoms with Gasteiger partial charge in [0.25, 0.3) is 0 Å². The quantitative estimate of drug-likeness (QED) is 0.403. The Morgan fingerprint density at radius 2 is 1.47 bits per heavy atom. The Labute approximate surface area is 110 Å². The van der Waals surface area contributed by atoms with Crippen molar-refractivity contribution in [2.75, 3.05) is 0 Å². The molecule has 1 nitrogen and oxygen atoms in total. The van der Waals surface area contributed by atoms with Gasteiger partial charge < -0.3 is 0 Å². The summed E-state index contributed by atoms with van der Waals surface area (Å²) in [4.78, 5) is 11.5. The van der Waals surface area contributed by atoms with Crippen LogP contribution in [0.15, 0.2) is 10.9 Å². The Morgan fingerprint density at radius 1 is 1.06 bits per heavy atom. The Balaban J connectivity index is 5.57. The van der Waals surface area contributed by atoms with E-state index in [2.05, 4.69) is 66.1 Å². The van der Waals surface area contributed by atoms with Crippen molar-refractivity contribution in [2.24, 2.45) is 5.92 Å². The lowest BCUT2D eigenvalue weighted by Crippen LogP contribution is -2.45. The van der Waals surface area contributed by atoms with Crippen molar-refractivity contribution in [3.63, 3.8) is 0 Å². The van der Waals surface area contributed by atoms with Crippen molar-refractivity contribution in [2.45, 2.75) is 65.5 Å². The van der Waals surface area contributed by atoms with Crippen LogP contribution in [0.2, 0.25) is 37.8 Å². The molecule has 0 N–H and O–H groups in total. The summed E-state index contributed by atoms with van der Waals surface area (Å²) in [7, 11) is -3.03. The SMILES string of the molecule is CC(C)C(C)(C)[Si](C)(C)/C(C=O)=C/[Si](C)(C)C. The molecule has 0 aliphatic heterocycles. The number of hydrogen-bond acceptors (Lipinski definition) is 1. The van der Waals surface area contributed by atoms with E-state index in [0.29, 0.717) is 5.92 Å². The standard InChI is InChI=1S/C14H30OSi2/c1-12(2)14(3,4)17(8,9)13(10-15)11-16(5,6)7/h10-12H,1-9H3/b13-11+. The summed E-state index contributed by atoms with van der Waals surface area (Å²) in [5.41, 5.74) is 2.32. The molecule has 0 aromatic carbocycles. The largest absolute Gasteiger partial charge is 0.299 e. The van der Waals surface area contributed by atoms with Crippen LogP contribution in [-0.2, 0) is 4.79 Å². The third-order valence-corrected chi connectivity index (χ3v) is 11.5. The van der Waals surface area contributed by atoms with Gasteiger partial charge in [0.2, 0.25) is 0 Å². The Kier molecular flexibility index (Phi) is 5.18. The molecule has 0 aliphatic rings. The zero-order valence-corrected chi connectivity index (χ0v) is 15.1. The zero-order chi connectivity index (χ0) is 14.1. The summed E-state index contributed by atoms with van der Waals surface area (Å²) in [5, 5.41) is 1.37. The highest BCUT2D eigenvalue weighted by Gasteiger charge is 2.44. The van der Waals surface area contributed by atoms with Crippen LogP contribution in [0.5, 0.6) is 0 Å². The third kappa shape index (κ3) is 3.92. The molecule has 0 saturated carbocycles. The maximum Gasteiger partial charge on any atom is 0.141 e. The zero-order valence-electron chi connectivity index (χ0n) is 13.1. The lowest BCUT2D eigenvalue weighted by atomic mass is 9.99. The highest BCUT2D eigenvalue weighted by molar-refractivity contribution is 6.92. The summed E-state index contributed by atoms with van der Waals surface area (Å²) in [6.07, 6.45) is 1.13. The predicted molar refractivity (Wildman–Crippen MR) is 83.9 cm³/mol. The minimum Gasteiger partial charge on any atom is -0.299 e. The van der Waals surface area contributed by atoms with Crippen LogP contribution in [-0.4, -0.2) is 22.4 Å². The van der Waals surface area contributed by atoms with Crippen LogP contribution in [0.4, 0.5) is 0 Å². The van der Waals surface area contributed by atoms with Crippen LogP contribution in [0.3, 0.4) is 0 Å². The number of carbonyl (C=O) groups is 1. The van der Waals surface area contributed by atoms with Crippen molar-refractivity contribution in [1.82, 2.24) is 0 Å². The van der Waals surface area contributed by atoms with Crippen molar-refractivity contribution >= 4 is 22.4 Å². The molecule has 0 atom stereocenters. The van der Waals surface area contributed by atoms with Gasteiger partial charge in [0.15, 0.2) is 0 Å². The Bertz CT molecular complexity index is 307. The molecule has 0 heterocycles. The van der Waals surface area contributed by atoms with Crippen molar-refractivity contribution in [3.8, 4) is 0 Å². The molecule has 0 radical (unpaired) electrons. The molecule has 0 rings (SSSR count). The second-order valence-corrected chi connectivity index (χ2v) is 17.7. The predicted octanol–water partition coefficient (Wildman–Crippen LogP) is 4.67. The van der Waals surface area contributed by atoms with Crippen LogP contribution >= 0.6 is 0 Å². The lowest BCUT2D eigenvalue weighted by molar-refractivity contribution is -0.104. The van der Waals surface area contributed by atoms with E-state index in [0.717, 1.165) is 11.5 Å². The van der Waals surface area contributed by atoms with Gasteiger partial charge in [-0.15, -0.1) is 0 Å². The summed E-state index contributed by atoms with van der Waals surface area (Å²) in [5.74, 6) is 0.606. The first kappa shape index (κ1) is 16.8. The van der Waals surface area contributed by atoms with Gasteiger partial charge in [-0.1, -0.05) is 66.1 Å². The van der Waals surface area contributed by atoms with Crippen LogP contribution in [0, 0.1) is 5.92 Å². The second kappa shape index (κ2) is 5.23. The minimum absolute atomic E-state index is 0.249. The maximum absolute atomic E-state index is 11.5. The molecule has 0 spiro atoms. The molecule has 0 unspecified atom stereocenters. The van der Waals surface area contributed by atoms with Crippen LogP contribution < -0.4 is 0 Å². The molecule has 3 heteroatoms. The first-order valence-electron chi connectivity index (χ1n) is 6.55. The van der Waals surface area contributed by atoms with Gasteiger partial charge in [-0.25, -0.2) is 0 Å². The third-order valence-electron chi connectivity index (χ3n) is 4.49. The van der Waals surface area contributed by atoms with E-state index in [1.165, 1.54) is 0 Å². The van der Waals surface area contributed by atoms with E-state index >= 15 is 0 Å². The van der Waals surface area contributed by atoms with Crippen molar-refractivity contribution in [1.29, 1.82) is 0 Å². The van der Waals surface area contributed by atoms with Gasteiger partial charge in [-0.3, -0.25) is 4.79 Å². The van der Waals surface area contributed by atoms with Gasteiger partial charge in [-0.05, 0) is 16.2 Å². The lowest BCUT2D eigenvalue weighted by Gasteiger charge is -2.44. The van der Waals surface area contributed by atoms with E-state index in [-0.39, 0.29) is 5.04 Å². The molecule has 0 amide bonds. The average molecular weight is 271 g/mol. The van der Waals surface area contributed by atoms with E-state index in [4.69, 9.17) is 0 Å². The summed E-state index contributed by atoms with van der Waals surface area (Å²) >= 11 is 0. The van der Waals surface area contributed by atoms with Crippen LogP contribution in [0.1, 0.15) is 27.7 Å². The first-order chi connectivity index (χ1) is 7.36. The minimum atomic E-state index is -1.71. The molecule has 0 fully saturated rings.